The van der Waals surface area contributed by atoms with Crippen molar-refractivity contribution in [2.45, 2.75) is 62.7 Å². The topological polar surface area (TPSA) is 84.3 Å². The fourth-order valence-corrected chi connectivity index (χ4v) is 7.18. The molecule has 2 aromatic carbocycles. The summed E-state index contributed by atoms with van der Waals surface area (Å²) in [5.41, 5.74) is 1.33. The van der Waals surface area contributed by atoms with Crippen LogP contribution in [0, 0.1) is 0 Å². The van der Waals surface area contributed by atoms with Gasteiger partial charge in [-0.25, -0.2) is 4.98 Å². The number of carbonyl (C=O) groups is 2. The number of carbonyl (C=O) groups excluding carboxylic acids is 2. The van der Waals surface area contributed by atoms with Gasteiger partial charge >= 0.3 is 0 Å². The summed E-state index contributed by atoms with van der Waals surface area (Å²) in [6.07, 6.45) is 8.21. The minimum absolute atomic E-state index is 0.0307. The lowest BCUT2D eigenvalue weighted by Crippen LogP contribution is -2.36. The number of nitrogens with one attached hydrogen (secondary N) is 1. The van der Waals surface area contributed by atoms with E-state index in [2.05, 4.69) is 11.9 Å². The lowest BCUT2D eigenvalue weighted by molar-refractivity contribution is -0.122. The fraction of sp³-hybridized carbons (Fsp3) is 0.355. The van der Waals surface area contributed by atoms with Gasteiger partial charge in [0, 0.05) is 41.3 Å². The molecule has 2 aromatic heterocycles. The highest BCUT2D eigenvalue weighted by molar-refractivity contribution is 7.99. The van der Waals surface area contributed by atoms with E-state index in [4.69, 9.17) is 4.98 Å². The highest BCUT2D eigenvalue weighted by Crippen LogP contribution is 2.32. The van der Waals surface area contributed by atoms with Gasteiger partial charge in [-0.2, -0.15) is 0 Å². The van der Waals surface area contributed by atoms with Crippen molar-refractivity contribution >= 4 is 60.9 Å². The van der Waals surface area contributed by atoms with Crippen LogP contribution in [0.25, 0.3) is 20.3 Å². The van der Waals surface area contributed by atoms with Crippen molar-refractivity contribution in [3.05, 3.63) is 77.6 Å². The quantitative estimate of drug-likeness (QED) is 0.132. The van der Waals surface area contributed by atoms with Crippen molar-refractivity contribution in [1.29, 1.82) is 0 Å². The SMILES string of the molecule is C=CCN(C(=O)CSc1nc2c(sc3ccccc32)c(=O)n1CCCC(=O)NC1CCCCC1)c1ccccc1. The van der Waals surface area contributed by atoms with Crippen LogP contribution >= 0.6 is 23.1 Å². The number of fused-ring (bicyclic) bond motifs is 3. The van der Waals surface area contributed by atoms with Gasteiger partial charge in [-0.15, -0.1) is 17.9 Å². The second kappa shape index (κ2) is 13.3. The zero-order valence-corrected chi connectivity index (χ0v) is 24.1. The van der Waals surface area contributed by atoms with E-state index in [0.29, 0.717) is 41.3 Å². The number of hydrogen-bond acceptors (Lipinski definition) is 6. The molecule has 9 heteroatoms. The van der Waals surface area contributed by atoms with Crippen LogP contribution in [-0.2, 0) is 16.1 Å². The van der Waals surface area contributed by atoms with Crippen LogP contribution in [0.5, 0.6) is 0 Å². The number of thioether (sulfide) groups is 1. The molecule has 0 aliphatic heterocycles. The first kappa shape index (κ1) is 28.1. The summed E-state index contributed by atoms with van der Waals surface area (Å²) in [7, 11) is 0. The van der Waals surface area contributed by atoms with Crippen molar-refractivity contribution < 1.29 is 9.59 Å². The predicted octanol–water partition coefficient (Wildman–Crippen LogP) is 6.15. The predicted molar refractivity (Wildman–Crippen MR) is 165 cm³/mol. The van der Waals surface area contributed by atoms with Crippen LogP contribution in [0.4, 0.5) is 5.69 Å². The highest BCUT2D eigenvalue weighted by atomic mass is 32.2. The molecule has 0 atom stereocenters. The van der Waals surface area contributed by atoms with Crippen molar-refractivity contribution in [3.8, 4) is 0 Å². The molecule has 0 spiro atoms. The third kappa shape index (κ3) is 6.47. The Labute approximate surface area is 242 Å². The number of rotatable bonds is 11. The van der Waals surface area contributed by atoms with E-state index in [9.17, 15) is 14.4 Å². The van der Waals surface area contributed by atoms with E-state index in [1.807, 2.05) is 54.6 Å². The Hall–Kier alpha value is -3.43. The van der Waals surface area contributed by atoms with Crippen LogP contribution in [0.2, 0.25) is 0 Å². The van der Waals surface area contributed by atoms with Gasteiger partial charge < -0.3 is 10.2 Å². The van der Waals surface area contributed by atoms with Gasteiger partial charge in [0.25, 0.3) is 5.56 Å². The van der Waals surface area contributed by atoms with Gasteiger partial charge in [-0.05, 0) is 37.5 Å². The van der Waals surface area contributed by atoms with Gasteiger partial charge in [-0.3, -0.25) is 19.0 Å². The molecule has 40 heavy (non-hydrogen) atoms. The monoisotopic (exact) mass is 574 g/mol. The maximum Gasteiger partial charge on any atom is 0.272 e. The molecule has 5 rings (SSSR count). The van der Waals surface area contributed by atoms with E-state index in [0.717, 1.165) is 41.5 Å². The molecule has 0 unspecified atom stereocenters. The average molecular weight is 575 g/mol. The maximum absolute atomic E-state index is 13.7. The Kier molecular flexibility index (Phi) is 9.34. The summed E-state index contributed by atoms with van der Waals surface area (Å²) in [6.45, 7) is 4.55. The maximum atomic E-state index is 13.7. The molecule has 1 saturated carbocycles. The number of anilines is 1. The number of benzene rings is 2. The normalized spacial score (nSPS) is 13.9. The molecule has 1 fully saturated rings. The molecule has 1 aliphatic carbocycles. The average Bonchev–Trinajstić information content (AvgIpc) is 3.36. The minimum atomic E-state index is -0.125. The molecule has 1 aliphatic rings. The summed E-state index contributed by atoms with van der Waals surface area (Å²) in [5, 5.41) is 4.59. The van der Waals surface area contributed by atoms with Crippen molar-refractivity contribution in [2.75, 3.05) is 17.2 Å². The Morgan fingerprint density at radius 2 is 1.85 bits per heavy atom. The zero-order chi connectivity index (χ0) is 27.9. The first-order valence-corrected chi connectivity index (χ1v) is 15.7. The largest absolute Gasteiger partial charge is 0.353 e. The number of para-hydroxylation sites is 1. The summed E-state index contributed by atoms with van der Waals surface area (Å²) in [6, 6.07) is 17.6. The minimum Gasteiger partial charge on any atom is -0.353 e. The lowest BCUT2D eigenvalue weighted by atomic mass is 9.95. The Balaban J connectivity index is 1.37. The van der Waals surface area contributed by atoms with Crippen molar-refractivity contribution in [1.82, 2.24) is 14.9 Å². The third-order valence-corrected chi connectivity index (χ3v) is 9.32. The summed E-state index contributed by atoms with van der Waals surface area (Å²) >= 11 is 2.70. The third-order valence-electron chi connectivity index (χ3n) is 7.21. The molecule has 208 valence electrons. The van der Waals surface area contributed by atoms with Crippen molar-refractivity contribution in [2.24, 2.45) is 0 Å². The van der Waals surface area contributed by atoms with Gasteiger partial charge in [0.1, 0.15) is 4.70 Å². The van der Waals surface area contributed by atoms with E-state index < -0.39 is 0 Å². The second-order valence-corrected chi connectivity index (χ2v) is 12.0. The van der Waals surface area contributed by atoms with Crippen LogP contribution in [0.15, 0.2) is 77.2 Å². The molecule has 0 bridgehead atoms. The van der Waals surface area contributed by atoms with Gasteiger partial charge in [0.05, 0.1) is 11.3 Å². The van der Waals surface area contributed by atoms with E-state index in [-0.39, 0.29) is 29.2 Å². The molecule has 2 amide bonds. The van der Waals surface area contributed by atoms with Crippen molar-refractivity contribution in [3.63, 3.8) is 0 Å². The fourth-order valence-electron chi connectivity index (χ4n) is 5.20. The van der Waals surface area contributed by atoms with Gasteiger partial charge in [0.2, 0.25) is 11.8 Å². The number of thiophene rings is 1. The molecule has 1 N–H and O–H groups in total. The standard InChI is InChI=1S/C31H34N4O3S2/c1-2-19-34(23-14-7-4-8-15-23)27(37)21-39-31-33-28-24-16-9-10-17-25(24)40-29(28)30(38)35(31)20-11-18-26(36)32-22-12-5-3-6-13-22/h2,4,7-10,14-17,22H,1,3,5-6,11-13,18-21H2,(H,32,36). The van der Waals surface area contributed by atoms with Crippen LogP contribution < -0.4 is 15.8 Å². The smallest absolute Gasteiger partial charge is 0.272 e. The van der Waals surface area contributed by atoms with E-state index in [1.165, 1.54) is 29.5 Å². The second-order valence-electron chi connectivity index (χ2n) is 10.1. The molecule has 2 heterocycles. The van der Waals surface area contributed by atoms with Crippen LogP contribution in [-0.4, -0.2) is 39.7 Å². The zero-order valence-electron chi connectivity index (χ0n) is 22.5. The lowest BCUT2D eigenvalue weighted by Gasteiger charge is -2.22. The van der Waals surface area contributed by atoms with Crippen LogP contribution in [0.3, 0.4) is 0 Å². The summed E-state index contributed by atoms with van der Waals surface area (Å²) < 4.78 is 3.24. The Bertz CT molecular complexity index is 1560. The molecule has 4 aromatic rings. The van der Waals surface area contributed by atoms with Gasteiger partial charge in [-0.1, -0.05) is 73.5 Å². The number of hydrogen-bond donors (Lipinski definition) is 1. The van der Waals surface area contributed by atoms with Gasteiger partial charge in [0.15, 0.2) is 5.16 Å². The molecular formula is C31H34N4O3S2. The Morgan fingerprint density at radius 1 is 1.10 bits per heavy atom. The van der Waals surface area contributed by atoms with E-state index >= 15 is 0 Å². The van der Waals surface area contributed by atoms with Crippen LogP contribution in [0.1, 0.15) is 44.9 Å². The molecule has 0 saturated heterocycles. The molecular weight excluding hydrogens is 541 g/mol. The summed E-state index contributed by atoms with van der Waals surface area (Å²) in [4.78, 5) is 46.2. The number of nitrogens with zero attached hydrogens (tertiary/aromatic N) is 3. The molecule has 0 radical (unpaired) electrons. The summed E-state index contributed by atoms with van der Waals surface area (Å²) in [5.74, 6) is 0.0486. The first-order chi connectivity index (χ1) is 19.5. The number of aromatic nitrogens is 2. The number of amides is 2. The highest BCUT2D eigenvalue weighted by Gasteiger charge is 2.20. The molecule has 7 nitrogen and oxygen atoms in total. The van der Waals surface area contributed by atoms with E-state index in [1.54, 1.807) is 15.5 Å². The first-order valence-electron chi connectivity index (χ1n) is 13.9. The Morgan fingerprint density at radius 3 is 2.62 bits per heavy atom.